The van der Waals surface area contributed by atoms with Gasteiger partial charge in [-0.05, 0) is 47.8 Å². The fourth-order valence-electron chi connectivity index (χ4n) is 3.08. The zero-order valence-corrected chi connectivity index (χ0v) is 15.3. The van der Waals surface area contributed by atoms with E-state index in [-0.39, 0.29) is 11.8 Å². The lowest BCUT2D eigenvalue weighted by Crippen LogP contribution is -2.51. The van der Waals surface area contributed by atoms with Crippen LogP contribution in [0.1, 0.15) is 21.3 Å². The first-order valence-corrected chi connectivity index (χ1v) is 9.49. The normalized spacial score (nSPS) is 16.7. The molecule has 2 N–H and O–H groups in total. The van der Waals surface area contributed by atoms with Crippen molar-refractivity contribution in [2.24, 2.45) is 0 Å². The van der Waals surface area contributed by atoms with Crippen LogP contribution < -0.4 is 10.6 Å². The molecule has 3 heterocycles. The smallest absolute Gasteiger partial charge is 0.254 e. The van der Waals surface area contributed by atoms with Crippen molar-refractivity contribution >= 4 is 34.5 Å². The van der Waals surface area contributed by atoms with Gasteiger partial charge in [0.1, 0.15) is 6.04 Å². The van der Waals surface area contributed by atoms with Crippen molar-refractivity contribution in [1.29, 1.82) is 0 Å². The number of nitrogens with zero attached hydrogens (tertiary/aromatic N) is 2. The van der Waals surface area contributed by atoms with Crippen molar-refractivity contribution in [3.8, 4) is 0 Å². The van der Waals surface area contributed by atoms with E-state index in [1.807, 2.05) is 41.8 Å². The van der Waals surface area contributed by atoms with Crippen molar-refractivity contribution in [2.45, 2.75) is 6.04 Å². The summed E-state index contributed by atoms with van der Waals surface area (Å²) in [6, 6.07) is 14.2. The number of carbonyl (C=O) groups excluding carboxylic acids is 2. The maximum absolute atomic E-state index is 13.0. The Kier molecular flexibility index (Phi) is 4.84. The van der Waals surface area contributed by atoms with E-state index in [2.05, 4.69) is 15.6 Å². The third-order valence-electron chi connectivity index (χ3n) is 4.37. The molecular weight excluding hydrogens is 360 g/mol. The summed E-state index contributed by atoms with van der Waals surface area (Å²) >= 11 is 1.48. The van der Waals surface area contributed by atoms with Crippen LogP contribution in [0, 0.1) is 0 Å². The second-order valence-electron chi connectivity index (χ2n) is 6.15. The number of piperazine rings is 1. The summed E-state index contributed by atoms with van der Waals surface area (Å²) in [5.41, 5.74) is 2.30. The van der Waals surface area contributed by atoms with Crippen LogP contribution >= 0.6 is 11.3 Å². The highest BCUT2D eigenvalue weighted by molar-refractivity contribution is 7.10. The molecule has 0 aliphatic carbocycles. The zero-order chi connectivity index (χ0) is 18.6. The molecular formula is C20H18N4O2S. The highest BCUT2D eigenvalue weighted by Gasteiger charge is 2.35. The van der Waals surface area contributed by atoms with Crippen LogP contribution in [0.25, 0.3) is 0 Å². The minimum absolute atomic E-state index is 0.132. The summed E-state index contributed by atoms with van der Waals surface area (Å²) in [5.74, 6) is -0.275. The fourth-order valence-corrected chi connectivity index (χ4v) is 3.92. The summed E-state index contributed by atoms with van der Waals surface area (Å²) in [4.78, 5) is 32.0. The number of nitrogens with one attached hydrogen (secondary N) is 2. The van der Waals surface area contributed by atoms with Gasteiger partial charge in [-0.15, -0.1) is 11.3 Å². The van der Waals surface area contributed by atoms with Crippen LogP contribution in [0.2, 0.25) is 0 Å². The maximum atomic E-state index is 13.0. The van der Waals surface area contributed by atoms with E-state index in [1.54, 1.807) is 29.4 Å². The Morgan fingerprint density at radius 3 is 2.70 bits per heavy atom. The summed E-state index contributed by atoms with van der Waals surface area (Å²) < 4.78 is 0. The second kappa shape index (κ2) is 7.59. The molecule has 2 aromatic heterocycles. The molecule has 1 aliphatic heterocycles. The molecule has 1 aliphatic rings. The van der Waals surface area contributed by atoms with Gasteiger partial charge < -0.3 is 15.5 Å². The summed E-state index contributed by atoms with van der Waals surface area (Å²) in [6.07, 6.45) is 3.45. The first kappa shape index (κ1) is 17.2. The van der Waals surface area contributed by atoms with Crippen LogP contribution in [0.3, 0.4) is 0 Å². The SMILES string of the molecule is O=C1NCCN(C(=O)c2ccc(Nc3cccnc3)cc2)C1c1cccs1. The van der Waals surface area contributed by atoms with Crippen molar-refractivity contribution in [3.63, 3.8) is 0 Å². The van der Waals surface area contributed by atoms with Gasteiger partial charge in [-0.2, -0.15) is 0 Å². The summed E-state index contributed by atoms with van der Waals surface area (Å²) in [7, 11) is 0. The number of hydrogen-bond donors (Lipinski definition) is 2. The number of amides is 2. The minimum atomic E-state index is -0.570. The van der Waals surface area contributed by atoms with Gasteiger partial charge in [-0.3, -0.25) is 14.6 Å². The molecule has 1 fully saturated rings. The average molecular weight is 378 g/mol. The summed E-state index contributed by atoms with van der Waals surface area (Å²) in [6.45, 7) is 0.954. The third kappa shape index (κ3) is 3.68. The topological polar surface area (TPSA) is 74.3 Å². The number of hydrogen-bond acceptors (Lipinski definition) is 5. The van der Waals surface area contributed by atoms with E-state index in [1.165, 1.54) is 11.3 Å². The molecule has 3 aromatic rings. The number of carbonyl (C=O) groups is 2. The fraction of sp³-hybridized carbons (Fsp3) is 0.150. The Bertz CT molecular complexity index is 926. The quantitative estimate of drug-likeness (QED) is 0.731. The van der Waals surface area contributed by atoms with Crippen LogP contribution in [-0.2, 0) is 4.79 Å². The standard InChI is InChI=1S/C20H18N4O2S/c25-19-18(17-4-2-12-27-17)24(11-10-22-19)20(26)14-5-7-15(8-6-14)23-16-3-1-9-21-13-16/h1-9,12-13,18,23H,10-11H2,(H,22,25). The van der Waals surface area contributed by atoms with Gasteiger partial charge in [-0.25, -0.2) is 0 Å². The lowest BCUT2D eigenvalue weighted by molar-refractivity contribution is -0.127. The lowest BCUT2D eigenvalue weighted by Gasteiger charge is -2.34. The average Bonchev–Trinajstić information content (AvgIpc) is 3.23. The number of rotatable bonds is 4. The van der Waals surface area contributed by atoms with Crippen LogP contribution in [0.15, 0.2) is 66.3 Å². The van der Waals surface area contributed by atoms with E-state index >= 15 is 0 Å². The molecule has 0 radical (unpaired) electrons. The van der Waals surface area contributed by atoms with Gasteiger partial charge in [-0.1, -0.05) is 6.07 Å². The molecule has 0 saturated carbocycles. The predicted molar refractivity (Wildman–Crippen MR) is 105 cm³/mol. The number of pyridine rings is 1. The first-order valence-electron chi connectivity index (χ1n) is 8.61. The van der Waals surface area contributed by atoms with Gasteiger partial charge >= 0.3 is 0 Å². The van der Waals surface area contributed by atoms with E-state index < -0.39 is 6.04 Å². The summed E-state index contributed by atoms with van der Waals surface area (Å²) in [5, 5.41) is 8.00. The maximum Gasteiger partial charge on any atom is 0.254 e. The van der Waals surface area contributed by atoms with Crippen LogP contribution in [0.5, 0.6) is 0 Å². The molecule has 7 heteroatoms. The van der Waals surface area contributed by atoms with Crippen LogP contribution in [-0.4, -0.2) is 34.8 Å². The van der Waals surface area contributed by atoms with E-state index in [9.17, 15) is 9.59 Å². The molecule has 1 unspecified atom stereocenters. The molecule has 1 aromatic carbocycles. The van der Waals surface area contributed by atoms with Gasteiger partial charge in [0.25, 0.3) is 5.91 Å². The lowest BCUT2D eigenvalue weighted by atomic mass is 10.1. The highest BCUT2D eigenvalue weighted by atomic mass is 32.1. The Morgan fingerprint density at radius 2 is 2.00 bits per heavy atom. The molecule has 6 nitrogen and oxygen atoms in total. The molecule has 1 atom stereocenters. The van der Waals surface area contributed by atoms with E-state index in [0.717, 1.165) is 16.3 Å². The van der Waals surface area contributed by atoms with Gasteiger partial charge in [0, 0.05) is 35.4 Å². The third-order valence-corrected chi connectivity index (χ3v) is 5.29. The molecule has 2 amide bonds. The van der Waals surface area contributed by atoms with E-state index in [4.69, 9.17) is 0 Å². The molecule has 4 rings (SSSR count). The predicted octanol–water partition coefficient (Wildman–Crippen LogP) is 3.20. The molecule has 1 saturated heterocycles. The van der Waals surface area contributed by atoms with Crippen molar-refractivity contribution in [1.82, 2.24) is 15.2 Å². The Morgan fingerprint density at radius 1 is 1.15 bits per heavy atom. The van der Waals surface area contributed by atoms with Crippen molar-refractivity contribution < 1.29 is 9.59 Å². The number of anilines is 2. The number of benzene rings is 1. The van der Waals surface area contributed by atoms with Crippen LogP contribution in [0.4, 0.5) is 11.4 Å². The number of thiophene rings is 1. The monoisotopic (exact) mass is 378 g/mol. The molecule has 0 spiro atoms. The van der Waals surface area contributed by atoms with Crippen molar-refractivity contribution in [2.75, 3.05) is 18.4 Å². The molecule has 136 valence electrons. The second-order valence-corrected chi connectivity index (χ2v) is 7.13. The Balaban J connectivity index is 1.53. The zero-order valence-electron chi connectivity index (χ0n) is 14.5. The Hall–Kier alpha value is -3.19. The van der Waals surface area contributed by atoms with Crippen molar-refractivity contribution in [3.05, 3.63) is 76.7 Å². The Labute approximate surface area is 160 Å². The van der Waals surface area contributed by atoms with Gasteiger partial charge in [0.2, 0.25) is 5.91 Å². The molecule has 27 heavy (non-hydrogen) atoms. The molecule has 0 bridgehead atoms. The largest absolute Gasteiger partial charge is 0.354 e. The number of aromatic nitrogens is 1. The highest BCUT2D eigenvalue weighted by Crippen LogP contribution is 2.29. The van der Waals surface area contributed by atoms with E-state index in [0.29, 0.717) is 18.7 Å². The first-order chi connectivity index (χ1) is 13.2. The minimum Gasteiger partial charge on any atom is -0.354 e. The van der Waals surface area contributed by atoms with Gasteiger partial charge in [0.15, 0.2) is 0 Å². The van der Waals surface area contributed by atoms with Gasteiger partial charge in [0.05, 0.1) is 11.9 Å².